The standard InChI is InChI=1S/C15H21ClFN3S/c1-10(2)19(3)6-4-5-7-20-14-8-11(16)12(17)9-13(14)18-15(20)21/h8-10H,4-7H2,1-3H3,(H,18,21). The summed E-state index contributed by atoms with van der Waals surface area (Å²) in [5.74, 6) is -0.425. The number of hydrogen-bond donors (Lipinski definition) is 1. The van der Waals surface area contributed by atoms with Gasteiger partial charge < -0.3 is 14.5 Å². The van der Waals surface area contributed by atoms with E-state index in [1.54, 1.807) is 6.07 Å². The molecule has 1 aromatic carbocycles. The Labute approximate surface area is 134 Å². The van der Waals surface area contributed by atoms with Crippen molar-refractivity contribution in [3.05, 3.63) is 27.7 Å². The number of H-pyrrole nitrogens is 1. The van der Waals surface area contributed by atoms with Crippen LogP contribution >= 0.6 is 23.8 Å². The number of rotatable bonds is 6. The van der Waals surface area contributed by atoms with Gasteiger partial charge in [-0.3, -0.25) is 0 Å². The minimum absolute atomic E-state index is 0.129. The molecule has 0 bridgehead atoms. The highest BCUT2D eigenvalue weighted by Crippen LogP contribution is 2.23. The third-order valence-electron chi connectivity index (χ3n) is 3.84. The van der Waals surface area contributed by atoms with Crippen LogP contribution in [0.5, 0.6) is 0 Å². The van der Waals surface area contributed by atoms with Crippen molar-refractivity contribution in [3.8, 4) is 0 Å². The number of fused-ring (bicyclic) bond motifs is 1. The molecule has 3 nitrogen and oxygen atoms in total. The molecule has 116 valence electrons. The average Bonchev–Trinajstić information content (AvgIpc) is 2.70. The van der Waals surface area contributed by atoms with E-state index in [1.165, 1.54) is 6.07 Å². The maximum atomic E-state index is 13.5. The summed E-state index contributed by atoms with van der Waals surface area (Å²) in [4.78, 5) is 5.35. The maximum Gasteiger partial charge on any atom is 0.178 e. The summed E-state index contributed by atoms with van der Waals surface area (Å²) in [6.07, 6.45) is 2.12. The molecule has 1 heterocycles. The SMILES string of the molecule is CC(C)N(C)CCCCn1c(=S)[nH]c2cc(F)c(Cl)cc21. The van der Waals surface area contributed by atoms with E-state index in [4.69, 9.17) is 23.8 Å². The second kappa shape index (κ2) is 6.90. The van der Waals surface area contributed by atoms with Gasteiger partial charge >= 0.3 is 0 Å². The van der Waals surface area contributed by atoms with Gasteiger partial charge in [0.25, 0.3) is 0 Å². The molecular formula is C15H21ClFN3S. The van der Waals surface area contributed by atoms with E-state index < -0.39 is 5.82 Å². The predicted octanol–water partition coefficient (Wildman–Crippen LogP) is 4.61. The molecule has 0 fully saturated rings. The molecule has 2 aromatic rings. The van der Waals surface area contributed by atoms with E-state index in [0.717, 1.165) is 31.4 Å². The molecule has 21 heavy (non-hydrogen) atoms. The van der Waals surface area contributed by atoms with Gasteiger partial charge in [0.05, 0.1) is 16.1 Å². The molecule has 0 aliphatic rings. The van der Waals surface area contributed by atoms with Crippen molar-refractivity contribution in [2.24, 2.45) is 0 Å². The Morgan fingerprint density at radius 2 is 2.10 bits per heavy atom. The lowest BCUT2D eigenvalue weighted by molar-refractivity contribution is 0.266. The van der Waals surface area contributed by atoms with E-state index in [9.17, 15) is 4.39 Å². The van der Waals surface area contributed by atoms with Gasteiger partial charge in [-0.05, 0) is 58.6 Å². The van der Waals surface area contributed by atoms with E-state index in [0.29, 0.717) is 16.3 Å². The Morgan fingerprint density at radius 3 is 2.76 bits per heavy atom. The highest BCUT2D eigenvalue weighted by Gasteiger charge is 2.09. The monoisotopic (exact) mass is 329 g/mol. The molecule has 0 aliphatic heterocycles. The normalized spacial score (nSPS) is 12.0. The molecule has 6 heteroatoms. The third kappa shape index (κ3) is 3.84. The number of aryl methyl sites for hydroxylation is 1. The van der Waals surface area contributed by atoms with E-state index in [2.05, 4.69) is 30.8 Å². The molecule has 1 N–H and O–H groups in total. The second-order valence-corrected chi connectivity index (χ2v) is 6.44. The highest BCUT2D eigenvalue weighted by atomic mass is 35.5. The summed E-state index contributed by atoms with van der Waals surface area (Å²) in [5, 5.41) is 0.129. The first-order valence-electron chi connectivity index (χ1n) is 7.18. The first kappa shape index (κ1) is 16.5. The van der Waals surface area contributed by atoms with Crippen LogP contribution in [-0.4, -0.2) is 34.1 Å². The fourth-order valence-electron chi connectivity index (χ4n) is 2.26. The number of imidazole rings is 1. The van der Waals surface area contributed by atoms with Crippen LogP contribution in [0.2, 0.25) is 5.02 Å². The van der Waals surface area contributed by atoms with Gasteiger partial charge in [-0.15, -0.1) is 0 Å². The lowest BCUT2D eigenvalue weighted by Crippen LogP contribution is -2.27. The summed E-state index contributed by atoms with van der Waals surface area (Å²) in [5.41, 5.74) is 1.56. The van der Waals surface area contributed by atoms with Gasteiger partial charge in [0.2, 0.25) is 0 Å². The summed E-state index contributed by atoms with van der Waals surface area (Å²) < 4.78 is 16.1. The quantitative estimate of drug-likeness (QED) is 0.618. The fourth-order valence-corrected chi connectivity index (χ4v) is 2.72. The molecule has 0 amide bonds. The number of hydrogen-bond acceptors (Lipinski definition) is 2. The molecule has 0 unspecified atom stereocenters. The molecule has 2 rings (SSSR count). The molecule has 0 saturated heterocycles. The van der Waals surface area contributed by atoms with Crippen molar-refractivity contribution in [3.63, 3.8) is 0 Å². The topological polar surface area (TPSA) is 24.0 Å². The molecule has 0 radical (unpaired) electrons. The number of unbranched alkanes of at least 4 members (excludes halogenated alkanes) is 1. The van der Waals surface area contributed by atoms with E-state index >= 15 is 0 Å². The van der Waals surface area contributed by atoms with Gasteiger partial charge in [0, 0.05) is 18.7 Å². The molecule has 0 saturated carbocycles. The number of nitrogens with one attached hydrogen (secondary N) is 1. The van der Waals surface area contributed by atoms with Crippen LogP contribution in [0.3, 0.4) is 0 Å². The third-order valence-corrected chi connectivity index (χ3v) is 4.45. The summed E-state index contributed by atoms with van der Waals surface area (Å²) in [6.45, 7) is 6.24. The van der Waals surface area contributed by atoms with Crippen LogP contribution in [0.1, 0.15) is 26.7 Å². The van der Waals surface area contributed by atoms with Crippen molar-refractivity contribution in [1.29, 1.82) is 0 Å². The van der Waals surface area contributed by atoms with Gasteiger partial charge in [0.1, 0.15) is 5.82 Å². The van der Waals surface area contributed by atoms with Gasteiger partial charge in [-0.1, -0.05) is 11.6 Å². The van der Waals surface area contributed by atoms with Crippen molar-refractivity contribution in [1.82, 2.24) is 14.5 Å². The zero-order valence-electron chi connectivity index (χ0n) is 12.6. The van der Waals surface area contributed by atoms with Crippen LogP contribution < -0.4 is 0 Å². The van der Waals surface area contributed by atoms with Crippen molar-refractivity contribution >= 4 is 34.9 Å². The predicted molar refractivity (Wildman–Crippen MR) is 89.1 cm³/mol. The largest absolute Gasteiger partial charge is 0.330 e. The Morgan fingerprint density at radius 1 is 1.38 bits per heavy atom. The fraction of sp³-hybridized carbons (Fsp3) is 0.533. The summed E-state index contributed by atoms with van der Waals surface area (Å²) in [6, 6.07) is 3.59. The Kier molecular flexibility index (Phi) is 5.41. The minimum atomic E-state index is -0.425. The molecule has 1 aromatic heterocycles. The number of aromatic nitrogens is 2. The molecule has 0 spiro atoms. The number of halogens is 2. The van der Waals surface area contributed by atoms with Crippen molar-refractivity contribution in [2.45, 2.75) is 39.3 Å². The maximum absolute atomic E-state index is 13.5. The van der Waals surface area contributed by atoms with Gasteiger partial charge in [-0.2, -0.15) is 0 Å². The Hall–Kier alpha value is -0.910. The number of aromatic amines is 1. The Bertz CT molecular complexity index is 677. The van der Waals surface area contributed by atoms with Crippen molar-refractivity contribution in [2.75, 3.05) is 13.6 Å². The zero-order valence-corrected chi connectivity index (χ0v) is 14.2. The van der Waals surface area contributed by atoms with Crippen LogP contribution in [0.25, 0.3) is 11.0 Å². The Balaban J connectivity index is 2.07. The number of nitrogens with zero attached hydrogens (tertiary/aromatic N) is 2. The summed E-state index contributed by atoms with van der Waals surface area (Å²) >= 11 is 11.2. The molecule has 0 atom stereocenters. The average molecular weight is 330 g/mol. The number of benzene rings is 1. The van der Waals surface area contributed by atoms with Crippen LogP contribution in [0.4, 0.5) is 4.39 Å². The smallest absolute Gasteiger partial charge is 0.178 e. The lowest BCUT2D eigenvalue weighted by atomic mass is 10.2. The molecular weight excluding hydrogens is 309 g/mol. The molecule has 0 aliphatic carbocycles. The van der Waals surface area contributed by atoms with Crippen molar-refractivity contribution < 1.29 is 4.39 Å². The lowest BCUT2D eigenvalue weighted by Gasteiger charge is -2.20. The van der Waals surface area contributed by atoms with Gasteiger partial charge in [-0.25, -0.2) is 4.39 Å². The van der Waals surface area contributed by atoms with E-state index in [-0.39, 0.29) is 5.02 Å². The van der Waals surface area contributed by atoms with Gasteiger partial charge in [0.15, 0.2) is 4.77 Å². The van der Waals surface area contributed by atoms with Crippen LogP contribution in [0.15, 0.2) is 12.1 Å². The highest BCUT2D eigenvalue weighted by molar-refractivity contribution is 7.71. The second-order valence-electron chi connectivity index (χ2n) is 5.65. The minimum Gasteiger partial charge on any atom is -0.330 e. The van der Waals surface area contributed by atoms with E-state index in [1.807, 2.05) is 4.57 Å². The van der Waals surface area contributed by atoms with Crippen LogP contribution in [-0.2, 0) is 6.54 Å². The van der Waals surface area contributed by atoms with Crippen LogP contribution in [0, 0.1) is 10.6 Å². The first-order valence-corrected chi connectivity index (χ1v) is 7.96. The first-order chi connectivity index (χ1) is 9.90. The zero-order chi connectivity index (χ0) is 15.6. The summed E-state index contributed by atoms with van der Waals surface area (Å²) in [7, 11) is 2.13.